The fourth-order valence-corrected chi connectivity index (χ4v) is 3.13. The number of amides is 1. The quantitative estimate of drug-likeness (QED) is 0.682. The molecule has 3 aromatic rings. The zero-order valence-corrected chi connectivity index (χ0v) is 16.4. The highest BCUT2D eigenvalue weighted by Crippen LogP contribution is 2.32. The minimum absolute atomic E-state index is 0.281. The highest BCUT2D eigenvalue weighted by Gasteiger charge is 2.15. The molecule has 0 unspecified atom stereocenters. The van der Waals surface area contributed by atoms with Crippen LogP contribution in [0.25, 0.3) is 0 Å². The number of benzene rings is 2. The van der Waals surface area contributed by atoms with E-state index in [2.05, 4.69) is 27.5 Å². The van der Waals surface area contributed by atoms with Gasteiger partial charge in [-0.3, -0.25) is 4.79 Å². The Balaban J connectivity index is 1.54. The first-order valence-corrected chi connectivity index (χ1v) is 9.54. The molecular formula is C22H22N4O3. The number of carbonyl (C=O) groups excluding carboxylic acids is 1. The molecule has 29 heavy (non-hydrogen) atoms. The van der Waals surface area contributed by atoms with E-state index in [1.165, 1.54) is 0 Å². The van der Waals surface area contributed by atoms with Crippen LogP contribution in [0.5, 0.6) is 11.5 Å². The van der Waals surface area contributed by atoms with Crippen LogP contribution in [0.15, 0.2) is 48.5 Å². The van der Waals surface area contributed by atoms with E-state index in [1.54, 1.807) is 24.3 Å². The Morgan fingerprint density at radius 3 is 2.66 bits per heavy atom. The van der Waals surface area contributed by atoms with Gasteiger partial charge < -0.3 is 20.1 Å². The minimum Gasteiger partial charge on any atom is -0.486 e. The second-order valence-electron chi connectivity index (χ2n) is 6.67. The van der Waals surface area contributed by atoms with Crippen LogP contribution in [0, 0.1) is 6.92 Å². The Labute approximate surface area is 169 Å². The van der Waals surface area contributed by atoms with Crippen LogP contribution in [0.3, 0.4) is 0 Å². The number of ether oxygens (including phenoxy) is 2. The zero-order chi connectivity index (χ0) is 20.2. The molecule has 4 rings (SSSR count). The molecule has 1 aliphatic rings. The van der Waals surface area contributed by atoms with Gasteiger partial charge in [0.2, 0.25) is 5.95 Å². The average molecular weight is 390 g/mol. The van der Waals surface area contributed by atoms with Crippen LogP contribution in [-0.4, -0.2) is 29.1 Å². The van der Waals surface area contributed by atoms with Crippen molar-refractivity contribution in [1.29, 1.82) is 0 Å². The molecular weight excluding hydrogens is 368 g/mol. The van der Waals surface area contributed by atoms with Crippen molar-refractivity contribution in [3.63, 3.8) is 0 Å². The maximum absolute atomic E-state index is 12.8. The molecule has 148 valence electrons. The van der Waals surface area contributed by atoms with E-state index in [0.29, 0.717) is 42.0 Å². The molecule has 0 fully saturated rings. The fraction of sp³-hybridized carbons (Fsp3) is 0.227. The van der Waals surface area contributed by atoms with E-state index < -0.39 is 0 Å². The van der Waals surface area contributed by atoms with Crippen molar-refractivity contribution in [3.8, 4) is 11.5 Å². The molecule has 0 saturated carbocycles. The lowest BCUT2D eigenvalue weighted by Gasteiger charge is -2.19. The maximum atomic E-state index is 12.8. The number of aromatic nitrogens is 2. The normalized spacial score (nSPS) is 12.3. The molecule has 7 heteroatoms. The number of para-hydroxylation sites is 1. The number of aryl methyl sites for hydroxylation is 2. The third kappa shape index (κ3) is 4.29. The van der Waals surface area contributed by atoms with Gasteiger partial charge in [0.1, 0.15) is 18.9 Å². The van der Waals surface area contributed by atoms with Gasteiger partial charge in [0, 0.05) is 23.1 Å². The third-order valence-corrected chi connectivity index (χ3v) is 4.53. The summed E-state index contributed by atoms with van der Waals surface area (Å²) in [5, 5.41) is 6.08. The highest BCUT2D eigenvalue weighted by molar-refractivity contribution is 6.03. The molecule has 1 amide bonds. The summed E-state index contributed by atoms with van der Waals surface area (Å²) in [5.74, 6) is 1.36. The summed E-state index contributed by atoms with van der Waals surface area (Å²) in [6.07, 6.45) is 0.881. The summed E-state index contributed by atoms with van der Waals surface area (Å²) in [6.45, 7) is 4.93. The van der Waals surface area contributed by atoms with E-state index in [1.807, 2.05) is 31.2 Å². The van der Waals surface area contributed by atoms with E-state index >= 15 is 0 Å². The fourth-order valence-electron chi connectivity index (χ4n) is 3.13. The number of rotatable bonds is 5. The number of anilines is 3. The number of nitrogens with one attached hydrogen (secondary N) is 2. The Kier molecular flexibility index (Phi) is 5.29. The van der Waals surface area contributed by atoms with Crippen LogP contribution in [0.4, 0.5) is 17.3 Å². The van der Waals surface area contributed by atoms with Gasteiger partial charge in [-0.1, -0.05) is 25.1 Å². The molecule has 2 N–H and O–H groups in total. The smallest absolute Gasteiger partial charge is 0.274 e. The molecule has 0 aliphatic carbocycles. The van der Waals surface area contributed by atoms with Crippen molar-refractivity contribution in [2.75, 3.05) is 23.8 Å². The lowest BCUT2D eigenvalue weighted by atomic mass is 10.1. The van der Waals surface area contributed by atoms with E-state index in [9.17, 15) is 4.79 Å². The van der Waals surface area contributed by atoms with E-state index in [4.69, 9.17) is 9.47 Å². The second kappa shape index (κ2) is 8.18. The molecule has 7 nitrogen and oxygen atoms in total. The van der Waals surface area contributed by atoms with Crippen molar-refractivity contribution in [1.82, 2.24) is 9.97 Å². The van der Waals surface area contributed by atoms with Gasteiger partial charge in [0.15, 0.2) is 11.5 Å². The van der Waals surface area contributed by atoms with Gasteiger partial charge in [-0.2, -0.15) is 0 Å². The van der Waals surface area contributed by atoms with E-state index in [0.717, 1.165) is 17.7 Å². The summed E-state index contributed by atoms with van der Waals surface area (Å²) in [5.41, 5.74) is 3.67. The first kappa shape index (κ1) is 18.7. The maximum Gasteiger partial charge on any atom is 0.274 e. The van der Waals surface area contributed by atoms with Gasteiger partial charge in [0.05, 0.1) is 0 Å². The van der Waals surface area contributed by atoms with Gasteiger partial charge in [-0.15, -0.1) is 0 Å². The largest absolute Gasteiger partial charge is 0.486 e. The van der Waals surface area contributed by atoms with Crippen LogP contribution >= 0.6 is 0 Å². The molecule has 0 bridgehead atoms. The molecule has 1 aromatic heterocycles. The summed E-state index contributed by atoms with van der Waals surface area (Å²) in [6, 6.07) is 14.9. The van der Waals surface area contributed by atoms with Crippen LogP contribution in [0.2, 0.25) is 0 Å². The summed E-state index contributed by atoms with van der Waals surface area (Å²) in [7, 11) is 0. The minimum atomic E-state index is -0.320. The number of hydrogen-bond donors (Lipinski definition) is 2. The third-order valence-electron chi connectivity index (χ3n) is 4.53. The standard InChI is InChI=1S/C22H22N4O3/c1-3-15-6-4-5-7-17(15)25-22-23-14(2)12-18(26-22)21(27)24-16-8-9-19-20(13-16)29-11-10-28-19/h4-9,12-13H,3,10-11H2,1-2H3,(H,24,27)(H,23,25,26). The molecule has 2 aromatic carbocycles. The second-order valence-corrected chi connectivity index (χ2v) is 6.67. The van der Waals surface area contributed by atoms with Gasteiger partial charge in [-0.05, 0) is 43.2 Å². The zero-order valence-electron chi connectivity index (χ0n) is 16.4. The Hall–Kier alpha value is -3.61. The van der Waals surface area contributed by atoms with Gasteiger partial charge in [0.25, 0.3) is 5.91 Å². The topological polar surface area (TPSA) is 85.4 Å². The monoisotopic (exact) mass is 390 g/mol. The summed E-state index contributed by atoms with van der Waals surface area (Å²) >= 11 is 0. The molecule has 0 atom stereocenters. The number of nitrogens with zero attached hydrogens (tertiary/aromatic N) is 2. The van der Waals surface area contributed by atoms with Crippen LogP contribution in [-0.2, 0) is 6.42 Å². The van der Waals surface area contributed by atoms with Crippen molar-refractivity contribution < 1.29 is 14.3 Å². The lowest BCUT2D eigenvalue weighted by Crippen LogP contribution is -2.17. The van der Waals surface area contributed by atoms with Crippen LogP contribution < -0.4 is 20.1 Å². The average Bonchev–Trinajstić information content (AvgIpc) is 2.73. The molecule has 0 radical (unpaired) electrons. The number of fused-ring (bicyclic) bond motifs is 1. The molecule has 1 aliphatic heterocycles. The SMILES string of the molecule is CCc1ccccc1Nc1nc(C)cc(C(=O)Nc2ccc3c(c2)OCCO3)n1. The number of hydrogen-bond acceptors (Lipinski definition) is 6. The number of carbonyl (C=O) groups is 1. The Morgan fingerprint density at radius 1 is 1.03 bits per heavy atom. The molecule has 0 spiro atoms. The van der Waals surface area contributed by atoms with Gasteiger partial charge >= 0.3 is 0 Å². The summed E-state index contributed by atoms with van der Waals surface area (Å²) in [4.78, 5) is 21.6. The van der Waals surface area contributed by atoms with Gasteiger partial charge in [-0.25, -0.2) is 9.97 Å². The predicted octanol–water partition coefficient (Wildman–Crippen LogP) is 4.11. The Bertz CT molecular complexity index is 1050. The van der Waals surface area contributed by atoms with E-state index in [-0.39, 0.29) is 11.6 Å². The molecule has 0 saturated heterocycles. The molecule has 2 heterocycles. The summed E-state index contributed by atoms with van der Waals surface area (Å²) < 4.78 is 11.1. The van der Waals surface area contributed by atoms with Crippen molar-refractivity contribution in [2.45, 2.75) is 20.3 Å². The lowest BCUT2D eigenvalue weighted by molar-refractivity contribution is 0.102. The first-order valence-electron chi connectivity index (χ1n) is 9.54. The Morgan fingerprint density at radius 2 is 1.83 bits per heavy atom. The van der Waals surface area contributed by atoms with Crippen molar-refractivity contribution in [3.05, 3.63) is 65.5 Å². The van der Waals surface area contributed by atoms with Crippen LogP contribution in [0.1, 0.15) is 28.7 Å². The predicted molar refractivity (Wildman–Crippen MR) is 111 cm³/mol. The van der Waals surface area contributed by atoms with Crippen molar-refractivity contribution in [2.24, 2.45) is 0 Å². The van der Waals surface area contributed by atoms with Crippen molar-refractivity contribution >= 4 is 23.2 Å². The highest BCUT2D eigenvalue weighted by atomic mass is 16.6. The first-order chi connectivity index (χ1) is 14.1.